The number of terminal acetylenes is 1. The van der Waals surface area contributed by atoms with Gasteiger partial charge in [-0.1, -0.05) is 34.0 Å². The van der Waals surface area contributed by atoms with Crippen LogP contribution in [0.2, 0.25) is 0 Å². The minimum absolute atomic E-state index is 0.0105. The molecule has 0 unspecified atom stereocenters. The first-order chi connectivity index (χ1) is 13.5. The summed E-state index contributed by atoms with van der Waals surface area (Å²) in [6, 6.07) is 11.4. The van der Waals surface area contributed by atoms with Crippen molar-refractivity contribution in [2.45, 2.75) is 0 Å². The van der Waals surface area contributed by atoms with Crippen LogP contribution in [0.1, 0.15) is 15.9 Å². The van der Waals surface area contributed by atoms with E-state index in [0.29, 0.717) is 27.1 Å². The van der Waals surface area contributed by atoms with Crippen molar-refractivity contribution < 1.29 is 19.4 Å². The van der Waals surface area contributed by atoms with E-state index in [0.717, 1.165) is 16.2 Å². The number of hydrogen-bond acceptors (Lipinski definition) is 6. The number of aromatic carboxylic acids is 1. The lowest BCUT2D eigenvalue weighted by molar-refractivity contribution is -0.255. The molecule has 2 aromatic carbocycles. The van der Waals surface area contributed by atoms with Crippen LogP contribution < -0.4 is 15.2 Å². The maximum Gasteiger partial charge on any atom is 0.264 e. The van der Waals surface area contributed by atoms with Crippen molar-refractivity contribution in [3.8, 4) is 18.1 Å². The van der Waals surface area contributed by atoms with Gasteiger partial charge in [0.05, 0.1) is 16.6 Å². The molecule has 6 nitrogen and oxygen atoms in total. The summed E-state index contributed by atoms with van der Waals surface area (Å²) >= 11 is 4.53. The van der Waals surface area contributed by atoms with Gasteiger partial charge in [0.2, 0.25) is 0 Å². The van der Waals surface area contributed by atoms with Crippen molar-refractivity contribution in [1.29, 1.82) is 0 Å². The summed E-state index contributed by atoms with van der Waals surface area (Å²) in [6.45, 7) is 0.110. The number of thioether (sulfide) groups is 1. The van der Waals surface area contributed by atoms with Gasteiger partial charge in [-0.25, -0.2) is 4.99 Å². The highest BCUT2D eigenvalue weighted by molar-refractivity contribution is 9.10. The smallest absolute Gasteiger partial charge is 0.264 e. The molecule has 140 valence electrons. The van der Waals surface area contributed by atoms with Crippen LogP contribution in [0, 0.1) is 12.3 Å². The van der Waals surface area contributed by atoms with Gasteiger partial charge in [-0.2, -0.15) is 0 Å². The molecule has 0 bridgehead atoms. The van der Waals surface area contributed by atoms with Crippen LogP contribution in [0.25, 0.3) is 6.08 Å². The number of aliphatic imine (C=N–C) groups is 1. The molecule has 1 aliphatic heterocycles. The van der Waals surface area contributed by atoms with Crippen LogP contribution in [0.4, 0.5) is 5.69 Å². The highest BCUT2D eigenvalue weighted by atomic mass is 79.9. The molecule has 0 aromatic heterocycles. The molecule has 1 amide bonds. The van der Waals surface area contributed by atoms with Gasteiger partial charge in [0.15, 0.2) is 5.17 Å². The van der Waals surface area contributed by atoms with Crippen molar-refractivity contribution >= 4 is 56.5 Å². The number of carboxylic acids is 1. The van der Waals surface area contributed by atoms with Gasteiger partial charge in [-0.15, -0.1) is 6.42 Å². The summed E-state index contributed by atoms with van der Waals surface area (Å²) in [5.74, 6) is 1.34. The molecular formula is C20H12BrN2O4S-. The molecule has 2 aromatic rings. The average Bonchev–Trinajstić information content (AvgIpc) is 3.00. The third-order valence-corrected chi connectivity index (χ3v) is 4.94. The second kappa shape index (κ2) is 8.78. The van der Waals surface area contributed by atoms with Crippen LogP contribution in [-0.2, 0) is 4.79 Å². The number of hydrogen-bond donors (Lipinski definition) is 1. The molecule has 1 saturated heterocycles. The predicted octanol–water partition coefficient (Wildman–Crippen LogP) is 2.72. The molecule has 1 fully saturated rings. The Hall–Kier alpha value is -3.02. The quantitative estimate of drug-likeness (QED) is 0.552. The van der Waals surface area contributed by atoms with Crippen molar-refractivity contribution in [3.63, 3.8) is 0 Å². The zero-order chi connectivity index (χ0) is 20.1. The maximum absolute atomic E-state index is 12.3. The fourth-order valence-corrected chi connectivity index (χ4v) is 3.54. The van der Waals surface area contributed by atoms with Crippen LogP contribution in [0.3, 0.4) is 0 Å². The lowest BCUT2D eigenvalue weighted by atomic mass is 10.2. The Morgan fingerprint density at radius 1 is 1.36 bits per heavy atom. The monoisotopic (exact) mass is 455 g/mol. The molecule has 1 aliphatic rings. The van der Waals surface area contributed by atoms with Gasteiger partial charge in [0.1, 0.15) is 12.4 Å². The maximum atomic E-state index is 12.3. The molecule has 0 aliphatic carbocycles. The zero-order valence-corrected chi connectivity index (χ0v) is 16.7. The predicted molar refractivity (Wildman–Crippen MR) is 110 cm³/mol. The van der Waals surface area contributed by atoms with E-state index in [1.807, 2.05) is 12.1 Å². The van der Waals surface area contributed by atoms with Crippen LogP contribution in [0.15, 0.2) is 56.8 Å². The second-order valence-corrected chi connectivity index (χ2v) is 7.44. The first-order valence-electron chi connectivity index (χ1n) is 7.93. The van der Waals surface area contributed by atoms with Crippen molar-refractivity contribution in [1.82, 2.24) is 5.32 Å². The number of carbonyl (C=O) groups excluding carboxylic acids is 2. The molecule has 28 heavy (non-hydrogen) atoms. The first-order valence-corrected chi connectivity index (χ1v) is 9.54. The molecule has 1 heterocycles. The van der Waals surface area contributed by atoms with Gasteiger partial charge < -0.3 is 20.0 Å². The van der Waals surface area contributed by atoms with Crippen molar-refractivity contribution in [2.75, 3.05) is 6.61 Å². The SMILES string of the molecule is C#CCOc1ccc(Br)cc1/C=C1/SC(=Nc2cccc(C(=O)[O-])c2)NC1=O. The van der Waals surface area contributed by atoms with E-state index in [9.17, 15) is 14.7 Å². The van der Waals surface area contributed by atoms with Gasteiger partial charge >= 0.3 is 0 Å². The standard InChI is InChI=1S/C20H13BrN2O4S/c1-2-8-27-16-7-6-14(21)9-13(16)11-17-18(24)23-20(28-17)22-15-5-3-4-12(10-15)19(25)26/h1,3-7,9-11H,8H2,(H,25,26)(H,22,23,24)/p-1/b17-11+. The number of amides is 1. The summed E-state index contributed by atoms with van der Waals surface area (Å²) in [5, 5.41) is 14.0. The minimum Gasteiger partial charge on any atom is -0.545 e. The zero-order valence-electron chi connectivity index (χ0n) is 14.3. The summed E-state index contributed by atoms with van der Waals surface area (Å²) in [4.78, 5) is 28.0. The van der Waals surface area contributed by atoms with E-state index in [4.69, 9.17) is 11.2 Å². The lowest BCUT2D eigenvalue weighted by Crippen LogP contribution is -2.22. The molecule has 0 spiro atoms. The lowest BCUT2D eigenvalue weighted by Gasteiger charge is -2.07. The van der Waals surface area contributed by atoms with Gasteiger partial charge in [-0.05, 0) is 53.7 Å². The molecule has 1 N–H and O–H groups in total. The Morgan fingerprint density at radius 3 is 2.93 bits per heavy atom. The number of nitrogens with zero attached hydrogens (tertiary/aromatic N) is 1. The number of rotatable bonds is 5. The van der Waals surface area contributed by atoms with E-state index in [2.05, 4.69) is 32.2 Å². The fraction of sp³-hybridized carbons (Fsp3) is 0.0500. The van der Waals surface area contributed by atoms with Crippen LogP contribution in [0.5, 0.6) is 5.75 Å². The first kappa shape index (κ1) is 19.7. The Kier molecular flexibility index (Phi) is 6.19. The molecule has 8 heteroatoms. The Labute approximate surface area is 173 Å². The number of ether oxygens (including phenoxy) is 1. The third-order valence-electron chi connectivity index (χ3n) is 3.53. The number of nitrogens with one attached hydrogen (secondary N) is 1. The van der Waals surface area contributed by atoms with E-state index >= 15 is 0 Å². The third kappa shape index (κ3) is 4.82. The van der Waals surface area contributed by atoms with E-state index in [-0.39, 0.29) is 18.1 Å². The Bertz CT molecular complexity index is 1060. The van der Waals surface area contributed by atoms with Gasteiger partial charge in [0.25, 0.3) is 5.91 Å². The van der Waals surface area contributed by atoms with Gasteiger partial charge in [-0.3, -0.25) is 4.79 Å². The van der Waals surface area contributed by atoms with Crippen LogP contribution >= 0.6 is 27.7 Å². The van der Waals surface area contributed by atoms with Crippen molar-refractivity contribution in [3.05, 3.63) is 63.0 Å². The topological polar surface area (TPSA) is 90.8 Å². The normalized spacial score (nSPS) is 16.1. The molecule has 0 atom stereocenters. The Balaban J connectivity index is 1.87. The van der Waals surface area contributed by atoms with E-state index < -0.39 is 5.97 Å². The number of amidine groups is 1. The number of benzene rings is 2. The summed E-state index contributed by atoms with van der Waals surface area (Å²) < 4.78 is 6.33. The molecule has 0 radical (unpaired) electrons. The second-order valence-electron chi connectivity index (χ2n) is 5.49. The summed E-state index contributed by atoms with van der Waals surface area (Å²) in [6.07, 6.45) is 6.92. The van der Waals surface area contributed by atoms with Gasteiger partial charge in [0, 0.05) is 10.0 Å². The highest BCUT2D eigenvalue weighted by Gasteiger charge is 2.24. The highest BCUT2D eigenvalue weighted by Crippen LogP contribution is 2.32. The molecule has 3 rings (SSSR count). The minimum atomic E-state index is -1.29. The summed E-state index contributed by atoms with van der Waals surface area (Å²) in [5.41, 5.74) is 1.09. The van der Waals surface area contributed by atoms with E-state index in [1.165, 1.54) is 12.1 Å². The number of carbonyl (C=O) groups is 2. The average molecular weight is 456 g/mol. The fourth-order valence-electron chi connectivity index (χ4n) is 2.32. The number of halogens is 1. The molecular weight excluding hydrogens is 444 g/mol. The van der Waals surface area contributed by atoms with Crippen LogP contribution in [-0.4, -0.2) is 23.7 Å². The summed E-state index contributed by atoms with van der Waals surface area (Å²) in [7, 11) is 0. The Morgan fingerprint density at radius 2 is 2.18 bits per heavy atom. The van der Waals surface area contributed by atoms with Crippen molar-refractivity contribution in [2.24, 2.45) is 4.99 Å². The number of carboxylic acid groups (broad SMARTS) is 1. The largest absolute Gasteiger partial charge is 0.545 e. The van der Waals surface area contributed by atoms with E-state index in [1.54, 1.807) is 24.3 Å². The molecule has 0 saturated carbocycles.